The molecule has 1 aromatic carbocycles. The SMILES string of the molecule is CCCCCCCCCCCOC(=O)C1CCCN1C(=O)c1c(F)cccc1F. The fourth-order valence-corrected chi connectivity index (χ4v) is 3.78. The Morgan fingerprint density at radius 1 is 1.00 bits per heavy atom. The van der Waals surface area contributed by atoms with Crippen molar-refractivity contribution < 1.29 is 23.1 Å². The van der Waals surface area contributed by atoms with E-state index in [1.165, 1.54) is 49.5 Å². The molecule has 0 aliphatic carbocycles. The number of esters is 1. The van der Waals surface area contributed by atoms with Gasteiger partial charge in [0.05, 0.1) is 6.61 Å². The van der Waals surface area contributed by atoms with Crippen LogP contribution in [-0.4, -0.2) is 36.0 Å². The van der Waals surface area contributed by atoms with E-state index in [2.05, 4.69) is 6.92 Å². The molecule has 0 N–H and O–H groups in total. The molecule has 1 saturated heterocycles. The minimum absolute atomic E-state index is 0.296. The monoisotopic (exact) mass is 409 g/mol. The van der Waals surface area contributed by atoms with Crippen molar-refractivity contribution in [3.05, 3.63) is 35.4 Å². The average molecular weight is 410 g/mol. The van der Waals surface area contributed by atoms with Gasteiger partial charge in [0.25, 0.3) is 5.91 Å². The molecular formula is C23H33F2NO3. The molecule has 1 fully saturated rings. The zero-order chi connectivity index (χ0) is 21.1. The van der Waals surface area contributed by atoms with Gasteiger partial charge in [0.2, 0.25) is 0 Å². The number of nitrogens with zero attached hydrogens (tertiary/aromatic N) is 1. The second-order valence-corrected chi connectivity index (χ2v) is 7.75. The number of unbranched alkanes of at least 4 members (excludes halogenated alkanes) is 8. The van der Waals surface area contributed by atoms with Crippen LogP contribution in [0.5, 0.6) is 0 Å². The zero-order valence-electron chi connectivity index (χ0n) is 17.4. The second kappa shape index (κ2) is 12.6. The van der Waals surface area contributed by atoms with Gasteiger partial charge in [0.15, 0.2) is 0 Å². The lowest BCUT2D eigenvalue weighted by Gasteiger charge is -2.23. The van der Waals surface area contributed by atoms with E-state index in [4.69, 9.17) is 4.74 Å². The molecule has 4 nitrogen and oxygen atoms in total. The predicted octanol–water partition coefficient (Wildman–Crippen LogP) is 5.64. The Morgan fingerprint density at radius 3 is 2.21 bits per heavy atom. The van der Waals surface area contributed by atoms with E-state index >= 15 is 0 Å². The summed E-state index contributed by atoms with van der Waals surface area (Å²) in [6, 6.07) is 2.54. The molecule has 0 saturated carbocycles. The summed E-state index contributed by atoms with van der Waals surface area (Å²) in [5, 5.41) is 0. The second-order valence-electron chi connectivity index (χ2n) is 7.75. The summed E-state index contributed by atoms with van der Waals surface area (Å²) in [6.07, 6.45) is 11.6. The molecule has 1 aliphatic heterocycles. The maximum atomic E-state index is 13.9. The Bertz CT molecular complexity index is 645. The number of hydrogen-bond acceptors (Lipinski definition) is 3. The lowest BCUT2D eigenvalue weighted by molar-refractivity contribution is -0.148. The van der Waals surface area contributed by atoms with Crippen LogP contribution in [0.1, 0.15) is 87.9 Å². The number of likely N-dealkylation sites (tertiary alicyclic amines) is 1. The van der Waals surface area contributed by atoms with Crippen molar-refractivity contribution in [3.63, 3.8) is 0 Å². The first-order chi connectivity index (χ1) is 14.1. The van der Waals surface area contributed by atoms with Crippen LogP contribution in [0, 0.1) is 11.6 Å². The van der Waals surface area contributed by atoms with Crippen molar-refractivity contribution in [2.24, 2.45) is 0 Å². The van der Waals surface area contributed by atoms with Crippen molar-refractivity contribution in [2.75, 3.05) is 13.2 Å². The number of carbonyl (C=O) groups is 2. The van der Waals surface area contributed by atoms with E-state index in [1.54, 1.807) is 0 Å². The van der Waals surface area contributed by atoms with E-state index < -0.39 is 35.1 Å². The number of ether oxygens (including phenoxy) is 1. The summed E-state index contributed by atoms with van der Waals surface area (Å²) in [4.78, 5) is 26.2. The molecule has 1 atom stereocenters. The smallest absolute Gasteiger partial charge is 0.328 e. The highest BCUT2D eigenvalue weighted by atomic mass is 19.1. The van der Waals surface area contributed by atoms with E-state index in [0.717, 1.165) is 31.4 Å². The van der Waals surface area contributed by atoms with Gasteiger partial charge in [-0.1, -0.05) is 64.4 Å². The van der Waals surface area contributed by atoms with Crippen molar-refractivity contribution in [1.29, 1.82) is 0 Å². The molecule has 1 unspecified atom stereocenters. The van der Waals surface area contributed by atoms with Crippen LogP contribution in [0.4, 0.5) is 8.78 Å². The molecule has 1 aliphatic rings. The van der Waals surface area contributed by atoms with Gasteiger partial charge < -0.3 is 9.64 Å². The highest BCUT2D eigenvalue weighted by Crippen LogP contribution is 2.24. The number of halogens is 2. The van der Waals surface area contributed by atoms with Gasteiger partial charge in [-0.05, 0) is 31.4 Å². The fourth-order valence-electron chi connectivity index (χ4n) is 3.78. The predicted molar refractivity (Wildman–Crippen MR) is 109 cm³/mol. The van der Waals surface area contributed by atoms with Gasteiger partial charge in [0.1, 0.15) is 23.2 Å². The first-order valence-electron chi connectivity index (χ1n) is 11.0. The first-order valence-corrected chi connectivity index (χ1v) is 11.0. The summed E-state index contributed by atoms with van der Waals surface area (Å²) in [5.41, 5.74) is -0.605. The highest BCUT2D eigenvalue weighted by Gasteiger charge is 2.37. The Morgan fingerprint density at radius 2 is 1.59 bits per heavy atom. The molecule has 1 heterocycles. The Balaban J connectivity index is 1.71. The van der Waals surface area contributed by atoms with Crippen LogP contribution in [0.15, 0.2) is 18.2 Å². The number of benzene rings is 1. The number of rotatable bonds is 12. The number of hydrogen-bond donors (Lipinski definition) is 0. The van der Waals surface area contributed by atoms with Gasteiger partial charge in [0, 0.05) is 6.54 Å². The van der Waals surface area contributed by atoms with Crippen LogP contribution < -0.4 is 0 Å². The Labute approximate surface area is 172 Å². The molecule has 162 valence electrons. The van der Waals surface area contributed by atoms with Gasteiger partial charge in [-0.3, -0.25) is 4.79 Å². The van der Waals surface area contributed by atoms with Crippen LogP contribution in [0.2, 0.25) is 0 Å². The largest absolute Gasteiger partial charge is 0.464 e. The van der Waals surface area contributed by atoms with E-state index in [0.29, 0.717) is 26.0 Å². The number of amides is 1. The molecule has 0 aromatic heterocycles. The molecule has 6 heteroatoms. The maximum absolute atomic E-state index is 13.9. The van der Waals surface area contributed by atoms with Crippen LogP contribution in [-0.2, 0) is 9.53 Å². The maximum Gasteiger partial charge on any atom is 0.328 e. The summed E-state index contributed by atoms with van der Waals surface area (Å²) < 4.78 is 33.2. The van der Waals surface area contributed by atoms with Crippen molar-refractivity contribution in [1.82, 2.24) is 4.90 Å². The third kappa shape index (κ3) is 7.09. The standard InChI is InChI=1S/C23H33F2NO3/c1-2-3-4-5-6-7-8-9-10-17-29-23(28)20-15-12-16-26(20)22(27)21-18(24)13-11-14-19(21)25/h11,13-14,20H,2-10,12,15-17H2,1H3. The third-order valence-electron chi connectivity index (χ3n) is 5.45. The number of carbonyl (C=O) groups excluding carboxylic acids is 2. The van der Waals surface area contributed by atoms with Gasteiger partial charge in [-0.2, -0.15) is 0 Å². The third-order valence-corrected chi connectivity index (χ3v) is 5.45. The zero-order valence-corrected chi connectivity index (χ0v) is 17.4. The lowest BCUT2D eigenvalue weighted by atomic mass is 10.1. The normalized spacial score (nSPS) is 16.2. The molecule has 29 heavy (non-hydrogen) atoms. The van der Waals surface area contributed by atoms with E-state index in [9.17, 15) is 18.4 Å². The molecule has 1 aromatic rings. The molecular weight excluding hydrogens is 376 g/mol. The van der Waals surface area contributed by atoms with Gasteiger partial charge in [-0.15, -0.1) is 0 Å². The summed E-state index contributed by atoms with van der Waals surface area (Å²) in [7, 11) is 0. The summed E-state index contributed by atoms with van der Waals surface area (Å²) in [6.45, 7) is 2.83. The van der Waals surface area contributed by atoms with Crippen molar-refractivity contribution >= 4 is 11.9 Å². The van der Waals surface area contributed by atoms with Crippen molar-refractivity contribution in [2.45, 2.75) is 83.6 Å². The van der Waals surface area contributed by atoms with Gasteiger partial charge >= 0.3 is 5.97 Å². The van der Waals surface area contributed by atoms with Gasteiger partial charge in [-0.25, -0.2) is 13.6 Å². The minimum atomic E-state index is -0.913. The summed E-state index contributed by atoms with van der Waals surface area (Å²) >= 11 is 0. The summed E-state index contributed by atoms with van der Waals surface area (Å²) in [5.74, 6) is -3.09. The van der Waals surface area contributed by atoms with E-state index in [1.807, 2.05) is 0 Å². The lowest BCUT2D eigenvalue weighted by Crippen LogP contribution is -2.42. The topological polar surface area (TPSA) is 46.6 Å². The average Bonchev–Trinajstić information content (AvgIpc) is 3.19. The van der Waals surface area contributed by atoms with E-state index in [-0.39, 0.29) is 0 Å². The fraction of sp³-hybridized carbons (Fsp3) is 0.652. The Hall–Kier alpha value is -1.98. The molecule has 0 bridgehead atoms. The molecule has 0 spiro atoms. The molecule has 1 amide bonds. The van der Waals surface area contributed by atoms with Crippen LogP contribution >= 0.6 is 0 Å². The first kappa shape index (κ1) is 23.3. The quantitative estimate of drug-likeness (QED) is 0.331. The van der Waals surface area contributed by atoms with Crippen LogP contribution in [0.25, 0.3) is 0 Å². The van der Waals surface area contributed by atoms with Crippen LogP contribution in [0.3, 0.4) is 0 Å². The highest BCUT2D eigenvalue weighted by molar-refractivity contribution is 5.97. The van der Waals surface area contributed by atoms with Crippen molar-refractivity contribution in [3.8, 4) is 0 Å². The Kier molecular flexibility index (Phi) is 10.1. The minimum Gasteiger partial charge on any atom is -0.464 e. The molecule has 0 radical (unpaired) electrons. The molecule has 2 rings (SSSR count).